The summed E-state index contributed by atoms with van der Waals surface area (Å²) in [5.74, 6) is -1.09. The highest BCUT2D eigenvalue weighted by atomic mass is 35.5. The summed E-state index contributed by atoms with van der Waals surface area (Å²) in [6.45, 7) is 3.25. The van der Waals surface area contributed by atoms with Gasteiger partial charge in [0.05, 0.1) is 19.9 Å². The fraction of sp³-hybridized carbons (Fsp3) is 0.333. The van der Waals surface area contributed by atoms with Crippen LogP contribution in [0.3, 0.4) is 0 Å². The summed E-state index contributed by atoms with van der Waals surface area (Å²) in [5.41, 5.74) is 0.524. The van der Waals surface area contributed by atoms with Crippen molar-refractivity contribution in [2.24, 2.45) is 0 Å². The molecule has 3 N–H and O–H groups in total. The summed E-state index contributed by atoms with van der Waals surface area (Å²) < 4.78 is 25.0. The second-order valence-corrected chi connectivity index (χ2v) is 7.96. The third kappa shape index (κ3) is 6.99. The number of nitrogens with one attached hydrogen (secondary N) is 3. The van der Waals surface area contributed by atoms with Crippen molar-refractivity contribution in [3.8, 4) is 0 Å². The molecule has 35 heavy (non-hydrogen) atoms. The number of carbonyl (C=O) groups excluding carboxylic acids is 3. The number of halogens is 2. The van der Waals surface area contributed by atoms with E-state index in [0.717, 1.165) is 7.11 Å². The number of nitrogens with zero attached hydrogens (tertiary/aromatic N) is 4. The van der Waals surface area contributed by atoms with Gasteiger partial charge in [0.25, 0.3) is 0 Å². The van der Waals surface area contributed by atoms with Gasteiger partial charge in [0, 0.05) is 17.5 Å². The molecule has 0 saturated carbocycles. The van der Waals surface area contributed by atoms with Crippen molar-refractivity contribution in [2.75, 3.05) is 12.4 Å². The zero-order valence-corrected chi connectivity index (χ0v) is 19.8. The molecule has 3 rings (SSSR count). The molecule has 0 aliphatic rings. The Labute approximate surface area is 204 Å². The molecule has 1 unspecified atom stereocenters. The predicted octanol–water partition coefficient (Wildman–Crippen LogP) is 2.15. The summed E-state index contributed by atoms with van der Waals surface area (Å²) in [5, 5.41) is 19.4. The molecule has 0 aliphatic heterocycles. The van der Waals surface area contributed by atoms with E-state index in [1.165, 1.54) is 36.0 Å². The van der Waals surface area contributed by atoms with Crippen molar-refractivity contribution in [1.82, 2.24) is 30.8 Å². The van der Waals surface area contributed by atoms with Gasteiger partial charge in [0.2, 0.25) is 5.91 Å². The van der Waals surface area contributed by atoms with Crippen LogP contribution in [0.5, 0.6) is 0 Å². The van der Waals surface area contributed by atoms with Crippen molar-refractivity contribution in [2.45, 2.75) is 38.9 Å². The number of methoxy groups -OCH3 is 1. The molecule has 14 heteroatoms. The van der Waals surface area contributed by atoms with Gasteiger partial charge >= 0.3 is 12.0 Å². The van der Waals surface area contributed by atoms with E-state index in [1.807, 2.05) is 0 Å². The molecule has 0 aliphatic carbocycles. The van der Waals surface area contributed by atoms with Gasteiger partial charge in [-0.2, -0.15) is 0 Å². The van der Waals surface area contributed by atoms with Crippen LogP contribution in [-0.4, -0.2) is 51.2 Å². The third-order valence-corrected chi connectivity index (χ3v) is 5.10. The molecule has 3 aromatic rings. The first-order chi connectivity index (χ1) is 16.7. The minimum Gasteiger partial charge on any atom is -0.467 e. The van der Waals surface area contributed by atoms with Crippen LogP contribution in [0.4, 0.5) is 15.0 Å². The van der Waals surface area contributed by atoms with E-state index < -0.39 is 35.8 Å². The van der Waals surface area contributed by atoms with Crippen LogP contribution in [-0.2, 0) is 27.3 Å². The lowest BCUT2D eigenvalue weighted by molar-refractivity contribution is -0.145. The Morgan fingerprint density at radius 3 is 2.74 bits per heavy atom. The minimum atomic E-state index is -1.16. The number of ether oxygens (including phenoxy) is 1. The Bertz CT molecular complexity index is 1210. The topological polar surface area (TPSA) is 153 Å². The fourth-order valence-electron chi connectivity index (χ4n) is 3.01. The highest BCUT2D eigenvalue weighted by Gasteiger charge is 2.27. The molecule has 0 radical (unpaired) electrons. The predicted molar refractivity (Wildman–Crippen MR) is 121 cm³/mol. The molecule has 0 bridgehead atoms. The van der Waals surface area contributed by atoms with Crippen LogP contribution < -0.4 is 16.0 Å². The molecule has 12 nitrogen and oxygen atoms in total. The quantitative estimate of drug-likeness (QED) is 0.372. The number of hydrogen-bond acceptors (Lipinski definition) is 8. The Morgan fingerprint density at radius 2 is 2.06 bits per heavy atom. The van der Waals surface area contributed by atoms with Crippen LogP contribution in [0.1, 0.15) is 30.0 Å². The van der Waals surface area contributed by atoms with E-state index in [2.05, 4.69) is 31.4 Å². The number of hydrogen-bond donors (Lipinski definition) is 3. The van der Waals surface area contributed by atoms with Crippen LogP contribution in [0, 0.1) is 12.7 Å². The smallest absolute Gasteiger partial charge is 0.328 e. The molecule has 3 amide bonds. The molecule has 186 valence electrons. The van der Waals surface area contributed by atoms with Crippen LogP contribution >= 0.6 is 11.6 Å². The molecule has 2 aromatic heterocycles. The van der Waals surface area contributed by atoms with E-state index in [4.69, 9.17) is 20.9 Å². The van der Waals surface area contributed by atoms with E-state index in [0.29, 0.717) is 16.5 Å². The number of urea groups is 1. The molecule has 0 saturated heterocycles. The first kappa shape index (κ1) is 25.6. The first-order valence-electron chi connectivity index (χ1n) is 10.4. The van der Waals surface area contributed by atoms with Crippen LogP contribution in [0.25, 0.3) is 0 Å². The number of esters is 1. The van der Waals surface area contributed by atoms with Gasteiger partial charge in [-0.25, -0.2) is 18.7 Å². The van der Waals surface area contributed by atoms with Gasteiger partial charge in [-0.05, 0) is 37.6 Å². The number of amides is 3. The molecule has 2 heterocycles. The zero-order valence-electron chi connectivity index (χ0n) is 19.0. The number of aryl methyl sites for hydroxylation is 1. The normalized spacial score (nSPS) is 12.5. The second kappa shape index (κ2) is 11.4. The largest absolute Gasteiger partial charge is 0.467 e. The van der Waals surface area contributed by atoms with Crippen molar-refractivity contribution in [3.05, 3.63) is 58.3 Å². The first-order valence-corrected chi connectivity index (χ1v) is 10.7. The summed E-state index contributed by atoms with van der Waals surface area (Å²) in [6.07, 6.45) is 1.30. The number of carbonyl (C=O) groups is 3. The van der Waals surface area contributed by atoms with Crippen LogP contribution in [0.2, 0.25) is 5.02 Å². The standard InChI is InChI=1S/C21H23ClFN7O5/c1-11-6-18(28-35-11)26-21(33)24-9-15-10-30(29-27-15)12(2)19(31)25-17(20(32)34-3)8-13-7-14(22)4-5-16(13)23/h4-7,10,12,17H,8-9H2,1-3H3,(H,25,31)(H2,24,26,28,33)/t12?,17-/m1/s1. The lowest BCUT2D eigenvalue weighted by Crippen LogP contribution is -2.45. The van der Waals surface area contributed by atoms with Gasteiger partial charge in [0.1, 0.15) is 29.4 Å². The average Bonchev–Trinajstić information content (AvgIpc) is 3.47. The monoisotopic (exact) mass is 507 g/mol. The van der Waals surface area contributed by atoms with Crippen molar-refractivity contribution in [1.29, 1.82) is 0 Å². The van der Waals surface area contributed by atoms with Crippen LogP contribution in [0.15, 0.2) is 35.0 Å². The molecular formula is C21H23ClFN7O5. The van der Waals surface area contributed by atoms with E-state index in [9.17, 15) is 18.8 Å². The van der Waals surface area contributed by atoms with Crippen molar-refractivity contribution >= 4 is 35.3 Å². The molecule has 0 spiro atoms. The van der Waals surface area contributed by atoms with E-state index >= 15 is 0 Å². The molecule has 2 atom stereocenters. The van der Waals surface area contributed by atoms with Crippen molar-refractivity contribution in [3.63, 3.8) is 0 Å². The molecular weight excluding hydrogens is 485 g/mol. The highest BCUT2D eigenvalue weighted by molar-refractivity contribution is 6.30. The highest BCUT2D eigenvalue weighted by Crippen LogP contribution is 2.17. The maximum absolute atomic E-state index is 14.1. The maximum Gasteiger partial charge on any atom is 0.328 e. The number of aromatic nitrogens is 4. The van der Waals surface area contributed by atoms with Gasteiger partial charge in [-0.1, -0.05) is 22.0 Å². The Hall–Kier alpha value is -4.00. The SMILES string of the molecule is COC(=O)[C@@H](Cc1cc(Cl)ccc1F)NC(=O)C(C)n1cc(CNC(=O)Nc2cc(C)on2)nn1. The number of anilines is 1. The molecule has 0 fully saturated rings. The zero-order chi connectivity index (χ0) is 25.5. The summed E-state index contributed by atoms with van der Waals surface area (Å²) >= 11 is 5.91. The Balaban J connectivity index is 1.59. The van der Waals surface area contributed by atoms with Crippen molar-refractivity contribution < 1.29 is 28.0 Å². The van der Waals surface area contributed by atoms with Gasteiger partial charge in [-0.15, -0.1) is 5.10 Å². The average molecular weight is 508 g/mol. The fourth-order valence-corrected chi connectivity index (χ4v) is 3.20. The van der Waals surface area contributed by atoms with E-state index in [-0.39, 0.29) is 24.3 Å². The Morgan fingerprint density at radius 1 is 1.29 bits per heavy atom. The van der Waals surface area contributed by atoms with Gasteiger partial charge in [-0.3, -0.25) is 10.1 Å². The molecule has 1 aromatic carbocycles. The maximum atomic E-state index is 14.1. The van der Waals surface area contributed by atoms with E-state index in [1.54, 1.807) is 13.0 Å². The Kier molecular flexibility index (Phi) is 8.36. The summed E-state index contributed by atoms with van der Waals surface area (Å²) in [7, 11) is 1.16. The number of benzene rings is 1. The van der Waals surface area contributed by atoms with Gasteiger partial charge < -0.3 is 19.9 Å². The minimum absolute atomic E-state index is 0.0236. The third-order valence-electron chi connectivity index (χ3n) is 4.87. The lowest BCUT2D eigenvalue weighted by Gasteiger charge is -2.19. The second-order valence-electron chi connectivity index (χ2n) is 7.52. The summed E-state index contributed by atoms with van der Waals surface area (Å²) in [6, 6.07) is 2.92. The number of rotatable bonds is 9. The summed E-state index contributed by atoms with van der Waals surface area (Å²) in [4.78, 5) is 36.9. The lowest BCUT2D eigenvalue weighted by atomic mass is 10.0. The van der Waals surface area contributed by atoms with Gasteiger partial charge in [0.15, 0.2) is 5.82 Å².